The summed E-state index contributed by atoms with van der Waals surface area (Å²) >= 11 is 0. The van der Waals surface area contributed by atoms with Crippen molar-refractivity contribution >= 4 is 11.8 Å². The Balaban J connectivity index is 2.01. The molecule has 2 rings (SSSR count). The smallest absolute Gasteiger partial charge is 0.272 e. The van der Waals surface area contributed by atoms with Crippen molar-refractivity contribution in [3.8, 4) is 0 Å². The topological polar surface area (TPSA) is 62.3 Å². The molecule has 0 spiro atoms. The van der Waals surface area contributed by atoms with E-state index < -0.39 is 0 Å². The molecule has 1 heterocycles. The fourth-order valence-corrected chi connectivity index (χ4v) is 2.37. The quantitative estimate of drug-likeness (QED) is 0.843. The van der Waals surface area contributed by atoms with E-state index in [9.17, 15) is 9.59 Å². The molecule has 0 bridgehead atoms. The van der Waals surface area contributed by atoms with Crippen LogP contribution in [-0.4, -0.2) is 35.3 Å². The molecule has 0 radical (unpaired) electrons. The Kier molecular flexibility index (Phi) is 6.69. The summed E-state index contributed by atoms with van der Waals surface area (Å²) in [4.78, 5) is 30.5. The molecule has 1 aromatic heterocycles. The molecule has 2 amide bonds. The Labute approximate surface area is 149 Å². The molecule has 5 heteroatoms. The van der Waals surface area contributed by atoms with Crippen molar-refractivity contribution in [3.63, 3.8) is 0 Å². The first kappa shape index (κ1) is 18.6. The fraction of sp³-hybridized carbons (Fsp3) is 0.350. The zero-order chi connectivity index (χ0) is 18.2. The molecule has 0 aliphatic heterocycles. The van der Waals surface area contributed by atoms with Crippen LogP contribution in [0.25, 0.3) is 0 Å². The van der Waals surface area contributed by atoms with Gasteiger partial charge in [-0.2, -0.15) is 0 Å². The Morgan fingerprint density at radius 1 is 1.04 bits per heavy atom. The van der Waals surface area contributed by atoms with E-state index >= 15 is 0 Å². The summed E-state index contributed by atoms with van der Waals surface area (Å²) in [7, 11) is 1.73. The SMILES string of the molecule is CC(C)CCNC(=O)c1cccc(C(=O)N(C)Cc2ccccc2)n1. The maximum atomic E-state index is 12.6. The van der Waals surface area contributed by atoms with Crippen molar-refractivity contribution in [1.82, 2.24) is 15.2 Å². The largest absolute Gasteiger partial charge is 0.351 e. The Bertz CT molecular complexity index is 714. The van der Waals surface area contributed by atoms with Gasteiger partial charge in [-0.25, -0.2) is 4.98 Å². The van der Waals surface area contributed by atoms with Crippen molar-refractivity contribution < 1.29 is 9.59 Å². The normalized spacial score (nSPS) is 10.6. The van der Waals surface area contributed by atoms with E-state index in [1.165, 1.54) is 0 Å². The third-order valence-electron chi connectivity index (χ3n) is 3.82. The van der Waals surface area contributed by atoms with Crippen molar-refractivity contribution in [1.29, 1.82) is 0 Å². The Morgan fingerprint density at radius 3 is 2.40 bits per heavy atom. The van der Waals surface area contributed by atoms with Gasteiger partial charge < -0.3 is 10.2 Å². The molecule has 132 valence electrons. The summed E-state index contributed by atoms with van der Waals surface area (Å²) in [6, 6.07) is 14.7. The number of carbonyl (C=O) groups is 2. The number of carbonyl (C=O) groups excluding carboxylic acids is 2. The van der Waals surface area contributed by atoms with Gasteiger partial charge in [0.15, 0.2) is 0 Å². The van der Waals surface area contributed by atoms with Gasteiger partial charge in [-0.05, 0) is 30.0 Å². The first-order chi connectivity index (χ1) is 12.0. The summed E-state index contributed by atoms with van der Waals surface area (Å²) < 4.78 is 0. The number of benzene rings is 1. The molecular formula is C20H25N3O2. The van der Waals surface area contributed by atoms with Crippen molar-refractivity contribution in [3.05, 3.63) is 65.5 Å². The van der Waals surface area contributed by atoms with Crippen LogP contribution in [0.15, 0.2) is 48.5 Å². The number of hydrogen-bond acceptors (Lipinski definition) is 3. The second-order valence-corrected chi connectivity index (χ2v) is 6.49. The van der Waals surface area contributed by atoms with Crippen LogP contribution in [0.4, 0.5) is 0 Å². The highest BCUT2D eigenvalue weighted by Gasteiger charge is 2.16. The van der Waals surface area contributed by atoms with Crippen LogP contribution in [0, 0.1) is 5.92 Å². The second kappa shape index (κ2) is 8.97. The molecule has 0 aliphatic rings. The van der Waals surface area contributed by atoms with Crippen molar-refractivity contribution in [2.24, 2.45) is 5.92 Å². The maximum absolute atomic E-state index is 12.6. The van der Waals surface area contributed by atoms with E-state index in [0.717, 1.165) is 12.0 Å². The highest BCUT2D eigenvalue weighted by molar-refractivity contribution is 5.96. The number of hydrogen-bond donors (Lipinski definition) is 1. The van der Waals surface area contributed by atoms with Crippen LogP contribution in [0.1, 0.15) is 46.8 Å². The van der Waals surface area contributed by atoms with E-state index in [0.29, 0.717) is 19.0 Å². The molecule has 5 nitrogen and oxygen atoms in total. The standard InChI is InChI=1S/C20H25N3O2/c1-15(2)12-13-21-19(24)17-10-7-11-18(22-17)20(25)23(3)14-16-8-5-4-6-9-16/h4-11,15H,12-14H2,1-3H3,(H,21,24). The lowest BCUT2D eigenvalue weighted by atomic mass is 10.1. The van der Waals surface area contributed by atoms with Crippen LogP contribution in [-0.2, 0) is 6.54 Å². The van der Waals surface area contributed by atoms with Gasteiger partial charge in [0.05, 0.1) is 0 Å². The Hall–Kier alpha value is -2.69. The number of nitrogens with one attached hydrogen (secondary N) is 1. The molecule has 0 aliphatic carbocycles. The van der Waals surface area contributed by atoms with E-state index in [1.54, 1.807) is 30.1 Å². The third kappa shape index (κ3) is 5.71. The lowest BCUT2D eigenvalue weighted by molar-refractivity contribution is 0.0779. The minimum absolute atomic E-state index is 0.208. The molecular weight excluding hydrogens is 314 g/mol. The van der Waals surface area contributed by atoms with E-state index in [-0.39, 0.29) is 23.2 Å². The number of rotatable bonds is 7. The average molecular weight is 339 g/mol. The first-order valence-corrected chi connectivity index (χ1v) is 8.52. The van der Waals surface area contributed by atoms with Crippen LogP contribution in [0.2, 0.25) is 0 Å². The number of nitrogens with zero attached hydrogens (tertiary/aromatic N) is 2. The summed E-state index contributed by atoms with van der Waals surface area (Å²) in [6.45, 7) is 5.30. The minimum Gasteiger partial charge on any atom is -0.351 e. The van der Waals surface area contributed by atoms with E-state index in [2.05, 4.69) is 24.1 Å². The number of aromatic nitrogens is 1. The third-order valence-corrected chi connectivity index (χ3v) is 3.82. The van der Waals surface area contributed by atoms with Crippen LogP contribution in [0.5, 0.6) is 0 Å². The van der Waals surface area contributed by atoms with Gasteiger partial charge in [0.1, 0.15) is 11.4 Å². The predicted octanol–water partition coefficient (Wildman–Crippen LogP) is 3.13. The Morgan fingerprint density at radius 2 is 1.72 bits per heavy atom. The summed E-state index contributed by atoms with van der Waals surface area (Å²) in [6.07, 6.45) is 0.907. The molecule has 25 heavy (non-hydrogen) atoms. The van der Waals surface area contributed by atoms with Gasteiger partial charge >= 0.3 is 0 Å². The number of pyridine rings is 1. The summed E-state index contributed by atoms with van der Waals surface area (Å²) in [5.74, 6) is 0.0644. The molecule has 0 atom stereocenters. The van der Waals surface area contributed by atoms with Gasteiger partial charge in [-0.15, -0.1) is 0 Å². The van der Waals surface area contributed by atoms with Crippen LogP contribution >= 0.6 is 0 Å². The zero-order valence-corrected chi connectivity index (χ0v) is 15.0. The van der Waals surface area contributed by atoms with Crippen molar-refractivity contribution in [2.75, 3.05) is 13.6 Å². The van der Waals surface area contributed by atoms with Gasteiger partial charge in [-0.3, -0.25) is 9.59 Å². The summed E-state index contributed by atoms with van der Waals surface area (Å²) in [5.41, 5.74) is 1.58. The lowest BCUT2D eigenvalue weighted by Gasteiger charge is -2.17. The number of amides is 2. The first-order valence-electron chi connectivity index (χ1n) is 8.52. The predicted molar refractivity (Wildman–Crippen MR) is 98.3 cm³/mol. The van der Waals surface area contributed by atoms with Crippen LogP contribution < -0.4 is 5.32 Å². The highest BCUT2D eigenvalue weighted by Crippen LogP contribution is 2.08. The summed E-state index contributed by atoms with van der Waals surface area (Å²) in [5, 5.41) is 2.84. The lowest BCUT2D eigenvalue weighted by Crippen LogP contribution is -2.29. The van der Waals surface area contributed by atoms with Crippen molar-refractivity contribution in [2.45, 2.75) is 26.8 Å². The van der Waals surface area contributed by atoms with Crippen LogP contribution in [0.3, 0.4) is 0 Å². The minimum atomic E-state index is -0.249. The van der Waals surface area contributed by atoms with Gasteiger partial charge in [0, 0.05) is 20.1 Å². The average Bonchev–Trinajstić information content (AvgIpc) is 2.61. The molecule has 0 fully saturated rings. The van der Waals surface area contributed by atoms with E-state index in [4.69, 9.17) is 0 Å². The zero-order valence-electron chi connectivity index (χ0n) is 15.0. The second-order valence-electron chi connectivity index (χ2n) is 6.49. The molecule has 0 unspecified atom stereocenters. The maximum Gasteiger partial charge on any atom is 0.272 e. The van der Waals surface area contributed by atoms with E-state index in [1.807, 2.05) is 30.3 Å². The fourth-order valence-electron chi connectivity index (χ4n) is 2.37. The molecule has 0 saturated carbocycles. The van der Waals surface area contributed by atoms with Gasteiger partial charge in [0.2, 0.25) is 0 Å². The molecule has 1 N–H and O–H groups in total. The molecule has 0 saturated heterocycles. The molecule has 2 aromatic rings. The molecule has 1 aromatic carbocycles. The van der Waals surface area contributed by atoms with Gasteiger partial charge in [0.25, 0.3) is 11.8 Å². The highest BCUT2D eigenvalue weighted by atomic mass is 16.2. The van der Waals surface area contributed by atoms with Gasteiger partial charge in [-0.1, -0.05) is 50.2 Å². The monoisotopic (exact) mass is 339 g/mol.